The van der Waals surface area contributed by atoms with Crippen molar-refractivity contribution in [1.29, 1.82) is 0 Å². The summed E-state index contributed by atoms with van der Waals surface area (Å²) in [6.07, 6.45) is 1.43. The van der Waals surface area contributed by atoms with E-state index in [1.807, 2.05) is 48.5 Å². The first-order chi connectivity index (χ1) is 14.5. The summed E-state index contributed by atoms with van der Waals surface area (Å²) < 4.78 is 3.83. The molecule has 9 heteroatoms. The van der Waals surface area contributed by atoms with E-state index in [0.717, 1.165) is 25.7 Å². The van der Waals surface area contributed by atoms with Gasteiger partial charge in [-0.2, -0.15) is 0 Å². The lowest BCUT2D eigenvalue weighted by molar-refractivity contribution is -0.118. The number of anilines is 2. The Kier molecular flexibility index (Phi) is 4.14. The van der Waals surface area contributed by atoms with Crippen LogP contribution >= 0.6 is 11.8 Å². The van der Waals surface area contributed by atoms with Crippen molar-refractivity contribution in [3.63, 3.8) is 0 Å². The van der Waals surface area contributed by atoms with Crippen molar-refractivity contribution >= 4 is 40.2 Å². The first-order valence-electron chi connectivity index (χ1n) is 9.27. The van der Waals surface area contributed by atoms with E-state index < -0.39 is 11.2 Å². The monoisotopic (exact) mass is 419 g/mol. The van der Waals surface area contributed by atoms with Gasteiger partial charge in [0.1, 0.15) is 6.54 Å². The highest BCUT2D eigenvalue weighted by atomic mass is 32.2. The molecule has 150 valence electrons. The van der Waals surface area contributed by atoms with Crippen molar-refractivity contribution in [2.24, 2.45) is 14.1 Å². The zero-order valence-corrected chi connectivity index (χ0v) is 17.1. The first kappa shape index (κ1) is 18.4. The molecular weight excluding hydrogens is 402 g/mol. The van der Waals surface area contributed by atoms with Crippen LogP contribution in [0.15, 0.2) is 74.2 Å². The standard InChI is InChI=1S/C21H17N5O3S/c1-23-19-18(20(28)24(2)21(23)29)25(12-22-19)11-17(27)26-13-7-3-5-9-15(13)30-16-10-6-4-8-14(16)26/h3-10,12H,11H2,1-2H3. The van der Waals surface area contributed by atoms with E-state index in [9.17, 15) is 14.4 Å². The smallest absolute Gasteiger partial charge is 0.315 e. The van der Waals surface area contributed by atoms with Crippen LogP contribution in [0.25, 0.3) is 11.2 Å². The Labute approximate surface area is 175 Å². The number of hydrogen-bond donors (Lipinski definition) is 0. The average molecular weight is 419 g/mol. The molecular formula is C21H17N5O3S. The molecule has 5 rings (SSSR count). The van der Waals surface area contributed by atoms with Gasteiger partial charge in [0.15, 0.2) is 11.2 Å². The minimum atomic E-state index is -0.478. The second-order valence-electron chi connectivity index (χ2n) is 7.02. The normalized spacial score (nSPS) is 12.7. The highest BCUT2D eigenvalue weighted by molar-refractivity contribution is 7.99. The highest BCUT2D eigenvalue weighted by Gasteiger charge is 2.28. The second-order valence-corrected chi connectivity index (χ2v) is 8.10. The minimum Gasteiger partial charge on any atom is -0.315 e. The predicted molar refractivity (Wildman–Crippen MR) is 114 cm³/mol. The van der Waals surface area contributed by atoms with Gasteiger partial charge in [0.2, 0.25) is 0 Å². The summed E-state index contributed by atoms with van der Waals surface area (Å²) >= 11 is 1.62. The fourth-order valence-corrected chi connectivity index (χ4v) is 4.76. The molecule has 0 fully saturated rings. The van der Waals surface area contributed by atoms with E-state index in [4.69, 9.17) is 0 Å². The lowest BCUT2D eigenvalue weighted by Crippen LogP contribution is -2.38. The zero-order valence-electron chi connectivity index (χ0n) is 16.3. The molecule has 30 heavy (non-hydrogen) atoms. The molecule has 3 heterocycles. The van der Waals surface area contributed by atoms with Crippen molar-refractivity contribution in [3.05, 3.63) is 75.7 Å². The SMILES string of the molecule is Cn1c(=O)c2c(ncn2CC(=O)N2c3ccccc3Sc3ccccc32)n(C)c1=O. The zero-order chi connectivity index (χ0) is 21.0. The van der Waals surface area contributed by atoms with Crippen LogP contribution in [0.3, 0.4) is 0 Å². The number of carbonyl (C=O) groups excluding carboxylic acids is 1. The van der Waals surface area contributed by atoms with Crippen LogP contribution in [-0.4, -0.2) is 24.6 Å². The number of imidazole rings is 1. The summed E-state index contributed by atoms with van der Waals surface area (Å²) in [6.45, 7) is -0.0860. The van der Waals surface area contributed by atoms with Gasteiger partial charge < -0.3 is 4.57 Å². The molecule has 0 saturated heterocycles. The summed E-state index contributed by atoms with van der Waals surface area (Å²) in [7, 11) is 2.97. The van der Waals surface area contributed by atoms with Gasteiger partial charge >= 0.3 is 5.69 Å². The van der Waals surface area contributed by atoms with Crippen molar-refractivity contribution in [3.8, 4) is 0 Å². The number of aromatic nitrogens is 4. The Morgan fingerprint density at radius 2 is 1.53 bits per heavy atom. The Balaban J connectivity index is 1.63. The number of carbonyl (C=O) groups is 1. The fraction of sp³-hybridized carbons (Fsp3) is 0.143. The molecule has 0 N–H and O–H groups in total. The summed E-state index contributed by atoms with van der Waals surface area (Å²) in [5, 5.41) is 0. The number of benzene rings is 2. The van der Waals surface area contributed by atoms with Crippen LogP contribution in [0, 0.1) is 0 Å². The van der Waals surface area contributed by atoms with E-state index >= 15 is 0 Å². The molecule has 0 unspecified atom stereocenters. The summed E-state index contributed by atoms with van der Waals surface area (Å²) in [4.78, 5) is 46.2. The molecule has 0 saturated carbocycles. The van der Waals surface area contributed by atoms with Gasteiger partial charge in [-0.15, -0.1) is 0 Å². The van der Waals surface area contributed by atoms with Crippen LogP contribution in [0.4, 0.5) is 11.4 Å². The molecule has 4 aromatic rings. The van der Waals surface area contributed by atoms with E-state index in [-0.39, 0.29) is 23.6 Å². The van der Waals surface area contributed by atoms with Gasteiger partial charge in [-0.1, -0.05) is 36.0 Å². The molecule has 0 spiro atoms. The molecule has 0 bridgehead atoms. The molecule has 0 aliphatic carbocycles. The molecule has 0 radical (unpaired) electrons. The predicted octanol–water partition coefficient (Wildman–Crippen LogP) is 2.26. The fourth-order valence-electron chi connectivity index (χ4n) is 3.71. The number of nitrogens with zero attached hydrogens (tertiary/aromatic N) is 5. The van der Waals surface area contributed by atoms with Crippen LogP contribution in [0.2, 0.25) is 0 Å². The first-order valence-corrected chi connectivity index (χ1v) is 10.1. The van der Waals surface area contributed by atoms with Crippen molar-refractivity contribution in [2.75, 3.05) is 4.90 Å². The number of rotatable bonds is 2. The second kappa shape index (κ2) is 6.74. The van der Waals surface area contributed by atoms with Gasteiger partial charge in [0.05, 0.1) is 17.7 Å². The minimum absolute atomic E-state index is 0.0860. The maximum atomic E-state index is 13.5. The summed E-state index contributed by atoms with van der Waals surface area (Å²) in [5.74, 6) is -0.203. The Bertz CT molecular complexity index is 1400. The third-order valence-corrected chi connectivity index (χ3v) is 6.33. The van der Waals surface area contributed by atoms with E-state index in [1.54, 1.807) is 23.7 Å². The Morgan fingerprint density at radius 1 is 0.933 bits per heavy atom. The Morgan fingerprint density at radius 3 is 2.17 bits per heavy atom. The Hall–Kier alpha value is -3.59. The van der Waals surface area contributed by atoms with Crippen LogP contribution in [-0.2, 0) is 25.4 Å². The number of hydrogen-bond acceptors (Lipinski definition) is 5. The van der Waals surface area contributed by atoms with Crippen molar-refractivity contribution < 1.29 is 4.79 Å². The van der Waals surface area contributed by atoms with Crippen molar-refractivity contribution in [2.45, 2.75) is 16.3 Å². The third-order valence-electron chi connectivity index (χ3n) is 5.20. The number of para-hydroxylation sites is 2. The van der Waals surface area contributed by atoms with Gasteiger partial charge in [-0.3, -0.25) is 23.6 Å². The van der Waals surface area contributed by atoms with Crippen LogP contribution in [0.1, 0.15) is 0 Å². The maximum absolute atomic E-state index is 13.5. The van der Waals surface area contributed by atoms with E-state index in [0.29, 0.717) is 0 Å². The third kappa shape index (κ3) is 2.62. The van der Waals surface area contributed by atoms with Gasteiger partial charge in [-0.05, 0) is 24.3 Å². The van der Waals surface area contributed by atoms with E-state index in [1.165, 1.54) is 22.5 Å². The number of amides is 1. The summed E-state index contributed by atoms with van der Waals surface area (Å²) in [5.41, 5.74) is 1.15. The molecule has 8 nitrogen and oxygen atoms in total. The molecule has 0 atom stereocenters. The largest absolute Gasteiger partial charge is 0.332 e. The molecule has 1 aliphatic rings. The molecule has 1 amide bonds. The van der Waals surface area contributed by atoms with Crippen LogP contribution in [0.5, 0.6) is 0 Å². The van der Waals surface area contributed by atoms with Gasteiger partial charge in [0, 0.05) is 23.9 Å². The summed E-state index contributed by atoms with van der Waals surface area (Å²) in [6, 6.07) is 15.4. The highest BCUT2D eigenvalue weighted by Crippen LogP contribution is 2.47. The maximum Gasteiger partial charge on any atom is 0.332 e. The van der Waals surface area contributed by atoms with E-state index in [2.05, 4.69) is 4.98 Å². The lowest BCUT2D eigenvalue weighted by atomic mass is 10.2. The number of fused-ring (bicyclic) bond motifs is 3. The topological polar surface area (TPSA) is 82.1 Å². The molecule has 2 aromatic carbocycles. The molecule has 2 aromatic heterocycles. The van der Waals surface area contributed by atoms with Gasteiger partial charge in [-0.25, -0.2) is 9.78 Å². The molecule has 1 aliphatic heterocycles. The van der Waals surface area contributed by atoms with Gasteiger partial charge in [0.25, 0.3) is 11.5 Å². The lowest BCUT2D eigenvalue weighted by Gasteiger charge is -2.31. The van der Waals surface area contributed by atoms with Crippen LogP contribution < -0.4 is 16.1 Å². The number of aryl methyl sites for hydroxylation is 1. The quantitative estimate of drug-likeness (QED) is 0.498. The van der Waals surface area contributed by atoms with Crippen molar-refractivity contribution in [1.82, 2.24) is 18.7 Å². The average Bonchev–Trinajstić information content (AvgIpc) is 3.18.